The standard InChI is InChI=1S/C8H15FN2/c9-8(5-10-6-8)7-3-1-2-4-11-7/h7,10-11H,1-6H2. The van der Waals surface area contributed by atoms with Crippen LogP contribution in [0.5, 0.6) is 0 Å². The van der Waals surface area contributed by atoms with Gasteiger partial charge in [0.15, 0.2) is 5.67 Å². The van der Waals surface area contributed by atoms with Gasteiger partial charge in [-0.25, -0.2) is 4.39 Å². The first-order chi connectivity index (χ1) is 5.31. The van der Waals surface area contributed by atoms with Crippen LogP contribution in [0, 0.1) is 0 Å². The zero-order chi connectivity index (χ0) is 7.73. The summed E-state index contributed by atoms with van der Waals surface area (Å²) in [6, 6.07) is 0.123. The van der Waals surface area contributed by atoms with E-state index in [4.69, 9.17) is 0 Å². The number of halogens is 1. The lowest BCUT2D eigenvalue weighted by Gasteiger charge is -2.43. The molecule has 64 valence electrons. The quantitative estimate of drug-likeness (QED) is 0.578. The van der Waals surface area contributed by atoms with Gasteiger partial charge in [-0.3, -0.25) is 0 Å². The molecular weight excluding hydrogens is 143 g/mol. The maximum absolute atomic E-state index is 13.7. The summed E-state index contributed by atoms with van der Waals surface area (Å²) in [5, 5.41) is 6.23. The Bertz CT molecular complexity index is 139. The summed E-state index contributed by atoms with van der Waals surface area (Å²) >= 11 is 0. The maximum atomic E-state index is 13.7. The van der Waals surface area contributed by atoms with Crippen LogP contribution >= 0.6 is 0 Å². The van der Waals surface area contributed by atoms with Crippen molar-refractivity contribution < 1.29 is 4.39 Å². The lowest BCUT2D eigenvalue weighted by Crippen LogP contribution is -2.67. The van der Waals surface area contributed by atoms with Gasteiger partial charge in [-0.15, -0.1) is 0 Å². The van der Waals surface area contributed by atoms with Crippen LogP contribution in [-0.2, 0) is 0 Å². The topological polar surface area (TPSA) is 24.1 Å². The monoisotopic (exact) mass is 158 g/mol. The van der Waals surface area contributed by atoms with Crippen molar-refractivity contribution >= 4 is 0 Å². The van der Waals surface area contributed by atoms with E-state index >= 15 is 0 Å². The van der Waals surface area contributed by atoms with E-state index in [1.807, 2.05) is 0 Å². The van der Waals surface area contributed by atoms with Crippen LogP contribution in [-0.4, -0.2) is 31.3 Å². The molecule has 2 nitrogen and oxygen atoms in total. The number of hydrogen-bond acceptors (Lipinski definition) is 2. The second-order valence-corrected chi connectivity index (χ2v) is 3.64. The molecule has 2 aliphatic rings. The molecule has 2 saturated heterocycles. The Morgan fingerprint density at radius 2 is 2.09 bits per heavy atom. The fourth-order valence-electron chi connectivity index (χ4n) is 1.90. The lowest BCUT2D eigenvalue weighted by molar-refractivity contribution is 0.0343. The highest BCUT2D eigenvalue weighted by molar-refractivity contribution is 5.03. The van der Waals surface area contributed by atoms with E-state index < -0.39 is 5.67 Å². The summed E-state index contributed by atoms with van der Waals surface area (Å²) < 4.78 is 13.7. The zero-order valence-electron chi connectivity index (χ0n) is 6.70. The van der Waals surface area contributed by atoms with Crippen LogP contribution in [0.2, 0.25) is 0 Å². The second-order valence-electron chi connectivity index (χ2n) is 3.64. The molecule has 0 amide bonds. The van der Waals surface area contributed by atoms with Crippen molar-refractivity contribution in [3.63, 3.8) is 0 Å². The van der Waals surface area contributed by atoms with Crippen molar-refractivity contribution in [3.05, 3.63) is 0 Å². The molecule has 0 radical (unpaired) electrons. The molecule has 0 bridgehead atoms. The highest BCUT2D eigenvalue weighted by atomic mass is 19.1. The third-order valence-corrected chi connectivity index (χ3v) is 2.77. The SMILES string of the molecule is FC1(C2CCCCN2)CNC1. The Labute approximate surface area is 66.5 Å². The maximum Gasteiger partial charge on any atom is 0.150 e. The molecular formula is C8H15FN2. The Morgan fingerprint density at radius 3 is 2.55 bits per heavy atom. The third-order valence-electron chi connectivity index (χ3n) is 2.77. The van der Waals surface area contributed by atoms with E-state index in [0.717, 1.165) is 13.0 Å². The van der Waals surface area contributed by atoms with Crippen molar-refractivity contribution in [1.29, 1.82) is 0 Å². The Hall–Kier alpha value is -0.150. The molecule has 2 fully saturated rings. The highest BCUT2D eigenvalue weighted by Gasteiger charge is 2.44. The van der Waals surface area contributed by atoms with Crippen LogP contribution in [0.4, 0.5) is 4.39 Å². The molecule has 2 N–H and O–H groups in total. The summed E-state index contributed by atoms with van der Waals surface area (Å²) in [4.78, 5) is 0. The largest absolute Gasteiger partial charge is 0.311 e. The number of rotatable bonds is 1. The minimum atomic E-state index is -0.930. The Morgan fingerprint density at radius 1 is 1.27 bits per heavy atom. The molecule has 0 aromatic heterocycles. The van der Waals surface area contributed by atoms with E-state index in [2.05, 4.69) is 10.6 Å². The molecule has 2 heterocycles. The lowest BCUT2D eigenvalue weighted by atomic mass is 9.85. The minimum absolute atomic E-state index is 0.123. The Kier molecular flexibility index (Phi) is 1.85. The van der Waals surface area contributed by atoms with Gasteiger partial charge in [-0.05, 0) is 19.4 Å². The zero-order valence-corrected chi connectivity index (χ0v) is 6.70. The smallest absolute Gasteiger partial charge is 0.150 e. The van der Waals surface area contributed by atoms with Crippen LogP contribution in [0.15, 0.2) is 0 Å². The van der Waals surface area contributed by atoms with E-state index in [-0.39, 0.29) is 6.04 Å². The van der Waals surface area contributed by atoms with Crippen LogP contribution in [0.3, 0.4) is 0 Å². The van der Waals surface area contributed by atoms with Gasteiger partial charge in [0.2, 0.25) is 0 Å². The molecule has 3 heteroatoms. The molecule has 11 heavy (non-hydrogen) atoms. The van der Waals surface area contributed by atoms with Gasteiger partial charge in [0.25, 0.3) is 0 Å². The molecule has 2 rings (SSSR count). The second kappa shape index (κ2) is 2.72. The number of piperidine rings is 1. The van der Waals surface area contributed by atoms with Gasteiger partial charge in [0.1, 0.15) is 0 Å². The van der Waals surface area contributed by atoms with E-state index in [1.165, 1.54) is 12.8 Å². The first-order valence-corrected chi connectivity index (χ1v) is 4.44. The molecule has 0 saturated carbocycles. The Balaban J connectivity index is 1.91. The fourth-order valence-corrected chi connectivity index (χ4v) is 1.90. The van der Waals surface area contributed by atoms with Gasteiger partial charge in [-0.2, -0.15) is 0 Å². The van der Waals surface area contributed by atoms with Crippen LogP contribution in [0.1, 0.15) is 19.3 Å². The van der Waals surface area contributed by atoms with Crippen molar-refractivity contribution in [2.75, 3.05) is 19.6 Å². The normalized spacial score (nSPS) is 36.3. The van der Waals surface area contributed by atoms with Crippen molar-refractivity contribution in [3.8, 4) is 0 Å². The molecule has 2 aliphatic heterocycles. The van der Waals surface area contributed by atoms with Gasteiger partial charge < -0.3 is 10.6 Å². The first kappa shape index (κ1) is 7.50. The summed E-state index contributed by atoms with van der Waals surface area (Å²) in [5.41, 5.74) is -0.930. The molecule has 0 aromatic carbocycles. The fraction of sp³-hybridized carbons (Fsp3) is 1.00. The summed E-state index contributed by atoms with van der Waals surface area (Å²) in [7, 11) is 0. The third kappa shape index (κ3) is 1.27. The molecule has 1 atom stereocenters. The minimum Gasteiger partial charge on any atom is -0.311 e. The average molecular weight is 158 g/mol. The molecule has 1 unspecified atom stereocenters. The number of nitrogens with one attached hydrogen (secondary N) is 2. The molecule has 0 spiro atoms. The number of hydrogen-bond donors (Lipinski definition) is 2. The van der Waals surface area contributed by atoms with Gasteiger partial charge in [-0.1, -0.05) is 6.42 Å². The average Bonchev–Trinajstić information content (AvgIpc) is 2.02. The van der Waals surface area contributed by atoms with Crippen molar-refractivity contribution in [1.82, 2.24) is 10.6 Å². The van der Waals surface area contributed by atoms with Crippen molar-refractivity contribution in [2.24, 2.45) is 0 Å². The van der Waals surface area contributed by atoms with E-state index in [1.54, 1.807) is 0 Å². The number of alkyl halides is 1. The van der Waals surface area contributed by atoms with Gasteiger partial charge in [0.05, 0.1) is 0 Å². The van der Waals surface area contributed by atoms with Crippen LogP contribution < -0.4 is 10.6 Å². The predicted octanol–water partition coefficient (Wildman–Crippen LogP) is 0.440. The van der Waals surface area contributed by atoms with E-state index in [9.17, 15) is 4.39 Å². The predicted molar refractivity (Wildman–Crippen MR) is 42.4 cm³/mol. The van der Waals surface area contributed by atoms with Gasteiger partial charge in [0, 0.05) is 19.1 Å². The summed E-state index contributed by atoms with van der Waals surface area (Å²) in [6.07, 6.45) is 3.40. The van der Waals surface area contributed by atoms with E-state index in [0.29, 0.717) is 13.1 Å². The molecule has 0 aliphatic carbocycles. The van der Waals surface area contributed by atoms with Gasteiger partial charge >= 0.3 is 0 Å². The molecule has 0 aromatic rings. The highest BCUT2D eigenvalue weighted by Crippen LogP contribution is 2.26. The summed E-state index contributed by atoms with van der Waals surface area (Å²) in [6.45, 7) is 2.09. The van der Waals surface area contributed by atoms with Crippen molar-refractivity contribution in [2.45, 2.75) is 31.0 Å². The van der Waals surface area contributed by atoms with Crippen LogP contribution in [0.25, 0.3) is 0 Å². The first-order valence-electron chi connectivity index (χ1n) is 4.44. The summed E-state index contributed by atoms with van der Waals surface area (Å²) in [5.74, 6) is 0.